The Morgan fingerprint density at radius 2 is 2.30 bits per heavy atom. The maximum absolute atomic E-state index is 12.1. The lowest BCUT2D eigenvalue weighted by atomic mass is 10.2. The Bertz CT molecular complexity index is 612. The summed E-state index contributed by atoms with van der Waals surface area (Å²) >= 11 is 0. The molecule has 0 aliphatic heterocycles. The summed E-state index contributed by atoms with van der Waals surface area (Å²) in [5.41, 5.74) is 9.43. The number of nitrogens with one attached hydrogen (secondary N) is 2. The topological polar surface area (TPSA) is 102 Å². The van der Waals surface area contributed by atoms with Crippen molar-refractivity contribution in [2.75, 3.05) is 5.73 Å². The lowest BCUT2D eigenvalue weighted by Gasteiger charge is -2.04. The molecule has 0 unspecified atom stereocenters. The molecule has 0 aromatic carbocycles. The molecule has 4 N–H and O–H groups in total. The first-order valence-corrected chi connectivity index (χ1v) is 6.63. The smallest absolute Gasteiger partial charge is 0.274 e. The van der Waals surface area contributed by atoms with Crippen LogP contribution in [0.15, 0.2) is 6.20 Å². The number of hydrogen-bond acceptors (Lipinski definition) is 4. The first-order chi connectivity index (χ1) is 9.54. The number of aromatic nitrogens is 4. The molecule has 0 saturated heterocycles. The number of aromatic amines is 1. The molecule has 2 heterocycles. The standard InChI is InChI=1S/C13H20N6O/c1-4-5-10-11(14)12(18-17-10)13(20)15-6-9-7-16-19(3)8(9)2/h7H,4-6,14H2,1-3H3,(H,15,20)(H,17,18). The molecule has 0 saturated carbocycles. The van der Waals surface area contributed by atoms with Gasteiger partial charge in [-0.2, -0.15) is 10.2 Å². The molecule has 0 fully saturated rings. The Balaban J connectivity index is 2.03. The molecule has 20 heavy (non-hydrogen) atoms. The maximum Gasteiger partial charge on any atom is 0.274 e. The fourth-order valence-electron chi connectivity index (χ4n) is 1.98. The van der Waals surface area contributed by atoms with Crippen LogP contribution in [0.25, 0.3) is 0 Å². The molecule has 0 aliphatic carbocycles. The number of amides is 1. The Morgan fingerprint density at radius 3 is 2.90 bits per heavy atom. The lowest BCUT2D eigenvalue weighted by Crippen LogP contribution is -2.24. The number of H-pyrrole nitrogens is 1. The van der Waals surface area contributed by atoms with Crippen molar-refractivity contribution in [3.63, 3.8) is 0 Å². The Kier molecular flexibility index (Phi) is 4.07. The normalized spacial score (nSPS) is 10.8. The predicted octanol–water partition coefficient (Wildman–Crippen LogP) is 0.916. The van der Waals surface area contributed by atoms with Gasteiger partial charge in [-0.15, -0.1) is 0 Å². The summed E-state index contributed by atoms with van der Waals surface area (Å²) in [7, 11) is 1.86. The minimum absolute atomic E-state index is 0.259. The van der Waals surface area contributed by atoms with E-state index in [9.17, 15) is 4.79 Å². The average Bonchev–Trinajstić information content (AvgIpc) is 2.94. The largest absolute Gasteiger partial charge is 0.395 e. The van der Waals surface area contributed by atoms with Gasteiger partial charge < -0.3 is 11.1 Å². The molecule has 2 aromatic heterocycles. The quantitative estimate of drug-likeness (QED) is 0.755. The van der Waals surface area contributed by atoms with Gasteiger partial charge in [0, 0.05) is 24.8 Å². The second-order valence-electron chi connectivity index (χ2n) is 4.78. The lowest BCUT2D eigenvalue weighted by molar-refractivity contribution is 0.0946. The van der Waals surface area contributed by atoms with Crippen LogP contribution in [0.3, 0.4) is 0 Å². The van der Waals surface area contributed by atoms with Crippen molar-refractivity contribution in [3.8, 4) is 0 Å². The molecule has 0 bridgehead atoms. The number of rotatable bonds is 5. The van der Waals surface area contributed by atoms with Crippen LogP contribution in [-0.4, -0.2) is 25.9 Å². The van der Waals surface area contributed by atoms with Gasteiger partial charge in [-0.3, -0.25) is 14.6 Å². The van der Waals surface area contributed by atoms with Gasteiger partial charge in [0.05, 0.1) is 17.6 Å². The number of anilines is 1. The van der Waals surface area contributed by atoms with E-state index in [1.54, 1.807) is 10.9 Å². The number of hydrogen-bond donors (Lipinski definition) is 3. The molecule has 0 spiro atoms. The van der Waals surface area contributed by atoms with Crippen LogP contribution in [-0.2, 0) is 20.0 Å². The summed E-state index contributed by atoms with van der Waals surface area (Å²) in [4.78, 5) is 12.1. The molecule has 0 radical (unpaired) electrons. The van der Waals surface area contributed by atoms with E-state index in [1.165, 1.54) is 0 Å². The number of nitrogens with two attached hydrogens (primary N) is 1. The van der Waals surface area contributed by atoms with Crippen molar-refractivity contribution >= 4 is 11.6 Å². The van der Waals surface area contributed by atoms with Crippen molar-refractivity contribution in [2.24, 2.45) is 7.05 Å². The molecule has 7 heteroatoms. The molecule has 2 rings (SSSR count). The van der Waals surface area contributed by atoms with Crippen LogP contribution < -0.4 is 11.1 Å². The monoisotopic (exact) mass is 276 g/mol. The molecule has 1 amide bonds. The van der Waals surface area contributed by atoms with Gasteiger partial charge in [-0.25, -0.2) is 0 Å². The number of carbonyl (C=O) groups is 1. The number of nitrogens with zero attached hydrogens (tertiary/aromatic N) is 3. The van der Waals surface area contributed by atoms with Gasteiger partial charge in [0.15, 0.2) is 5.69 Å². The van der Waals surface area contributed by atoms with Crippen molar-refractivity contribution < 1.29 is 4.79 Å². The third kappa shape index (κ3) is 2.66. The van der Waals surface area contributed by atoms with Gasteiger partial charge >= 0.3 is 0 Å². The SMILES string of the molecule is CCCc1[nH]nc(C(=O)NCc2cnn(C)c2C)c1N. The molecule has 0 aliphatic rings. The van der Waals surface area contributed by atoms with Crippen LogP contribution in [0.4, 0.5) is 5.69 Å². The number of aryl methyl sites for hydroxylation is 2. The highest BCUT2D eigenvalue weighted by Gasteiger charge is 2.17. The van der Waals surface area contributed by atoms with Crippen LogP contribution in [0.1, 0.15) is 40.8 Å². The Hall–Kier alpha value is -2.31. The van der Waals surface area contributed by atoms with E-state index in [4.69, 9.17) is 5.73 Å². The van der Waals surface area contributed by atoms with Gasteiger partial charge in [0.2, 0.25) is 0 Å². The highest BCUT2D eigenvalue weighted by molar-refractivity contribution is 5.97. The fraction of sp³-hybridized carbons (Fsp3) is 0.462. The number of nitrogen functional groups attached to an aromatic ring is 1. The van der Waals surface area contributed by atoms with E-state index in [1.807, 2.05) is 20.9 Å². The van der Waals surface area contributed by atoms with Crippen LogP contribution in [0.2, 0.25) is 0 Å². The highest BCUT2D eigenvalue weighted by Crippen LogP contribution is 2.15. The van der Waals surface area contributed by atoms with Crippen LogP contribution in [0.5, 0.6) is 0 Å². The maximum atomic E-state index is 12.1. The van der Waals surface area contributed by atoms with E-state index in [-0.39, 0.29) is 11.6 Å². The van der Waals surface area contributed by atoms with Crippen molar-refractivity contribution in [1.29, 1.82) is 0 Å². The average molecular weight is 276 g/mol. The second-order valence-corrected chi connectivity index (χ2v) is 4.78. The summed E-state index contributed by atoms with van der Waals surface area (Å²) in [5.74, 6) is -0.274. The minimum atomic E-state index is -0.274. The van der Waals surface area contributed by atoms with Gasteiger partial charge in [-0.1, -0.05) is 13.3 Å². The van der Waals surface area contributed by atoms with Crippen LogP contribution in [0, 0.1) is 6.92 Å². The Labute approximate surface area is 117 Å². The highest BCUT2D eigenvalue weighted by atomic mass is 16.1. The van der Waals surface area contributed by atoms with Gasteiger partial charge in [0.25, 0.3) is 5.91 Å². The zero-order valence-electron chi connectivity index (χ0n) is 12.0. The predicted molar refractivity (Wildman–Crippen MR) is 76.1 cm³/mol. The number of carbonyl (C=O) groups excluding carboxylic acids is 1. The van der Waals surface area contributed by atoms with E-state index < -0.39 is 0 Å². The molecule has 7 nitrogen and oxygen atoms in total. The van der Waals surface area contributed by atoms with Crippen molar-refractivity contribution in [3.05, 3.63) is 28.8 Å². The molecule has 108 valence electrons. The van der Waals surface area contributed by atoms with E-state index in [0.717, 1.165) is 29.8 Å². The first-order valence-electron chi connectivity index (χ1n) is 6.63. The van der Waals surface area contributed by atoms with Gasteiger partial charge in [-0.05, 0) is 13.3 Å². The molecular weight excluding hydrogens is 256 g/mol. The molecule has 0 atom stereocenters. The summed E-state index contributed by atoms with van der Waals surface area (Å²) in [6.07, 6.45) is 3.47. The molecular formula is C13H20N6O. The summed E-state index contributed by atoms with van der Waals surface area (Å²) < 4.78 is 1.77. The van der Waals surface area contributed by atoms with Gasteiger partial charge in [0.1, 0.15) is 0 Å². The zero-order valence-corrected chi connectivity index (χ0v) is 12.0. The molecule has 2 aromatic rings. The first kappa shape index (κ1) is 14.1. The second kappa shape index (κ2) is 5.77. The van der Waals surface area contributed by atoms with Crippen molar-refractivity contribution in [1.82, 2.24) is 25.3 Å². The summed E-state index contributed by atoms with van der Waals surface area (Å²) in [6, 6.07) is 0. The third-order valence-electron chi connectivity index (χ3n) is 3.37. The third-order valence-corrected chi connectivity index (χ3v) is 3.37. The Morgan fingerprint density at radius 1 is 1.55 bits per heavy atom. The summed E-state index contributed by atoms with van der Waals surface area (Å²) in [6.45, 7) is 4.41. The van der Waals surface area contributed by atoms with E-state index >= 15 is 0 Å². The van der Waals surface area contributed by atoms with E-state index in [0.29, 0.717) is 12.2 Å². The van der Waals surface area contributed by atoms with E-state index in [2.05, 4.69) is 20.6 Å². The van der Waals surface area contributed by atoms with Crippen molar-refractivity contribution in [2.45, 2.75) is 33.2 Å². The fourth-order valence-corrected chi connectivity index (χ4v) is 1.98. The summed E-state index contributed by atoms with van der Waals surface area (Å²) in [5, 5.41) is 13.8. The zero-order chi connectivity index (χ0) is 14.7. The van der Waals surface area contributed by atoms with Crippen LogP contribution >= 0.6 is 0 Å². The minimum Gasteiger partial charge on any atom is -0.395 e.